The van der Waals surface area contributed by atoms with Crippen LogP contribution in [0.15, 0.2) is 0 Å². The molecule has 0 heterocycles. The van der Waals surface area contributed by atoms with Crippen LogP contribution >= 0.6 is 21.6 Å². The lowest BCUT2D eigenvalue weighted by Gasteiger charge is -2.24. The third kappa shape index (κ3) is 5.36. The van der Waals surface area contributed by atoms with Crippen molar-refractivity contribution in [2.75, 3.05) is 0 Å². The monoisotopic (exact) mass is 206 g/mol. The molecule has 74 valence electrons. The van der Waals surface area contributed by atoms with Gasteiger partial charge in [0.2, 0.25) is 0 Å². The fourth-order valence-electron chi connectivity index (χ4n) is 1.17. The molecule has 0 unspecified atom stereocenters. The summed E-state index contributed by atoms with van der Waals surface area (Å²) in [5.74, 6) is 1.59. The van der Waals surface area contributed by atoms with Gasteiger partial charge in [-0.15, -0.1) is 0 Å². The Bertz CT molecular complexity index is 100. The Morgan fingerprint density at radius 3 is 1.33 bits per heavy atom. The molecule has 0 aromatic carbocycles. The van der Waals surface area contributed by atoms with E-state index in [1.54, 1.807) is 0 Å². The van der Waals surface area contributed by atoms with Gasteiger partial charge < -0.3 is 0 Å². The van der Waals surface area contributed by atoms with Crippen molar-refractivity contribution in [3.63, 3.8) is 0 Å². The molecular formula is C10H22S2. The van der Waals surface area contributed by atoms with Crippen molar-refractivity contribution in [2.45, 2.75) is 52.0 Å². The molecule has 0 spiro atoms. The Labute approximate surface area is 85.7 Å². The molecule has 0 aliphatic heterocycles. The first kappa shape index (κ1) is 12.7. The summed E-state index contributed by atoms with van der Waals surface area (Å²) in [6.07, 6.45) is 0. The van der Waals surface area contributed by atoms with Crippen molar-refractivity contribution in [1.29, 1.82) is 0 Å². The third-order valence-electron chi connectivity index (χ3n) is 1.67. The molecule has 0 aliphatic carbocycles. The van der Waals surface area contributed by atoms with E-state index in [4.69, 9.17) is 0 Å². The standard InChI is InChI=1S/C10H22S2/c1-7(2)10(8(3)4)12-11-9(5)6/h7-10H,1-6H3. The van der Waals surface area contributed by atoms with Crippen LogP contribution in [0.25, 0.3) is 0 Å². The second kappa shape index (κ2) is 6.20. The highest BCUT2D eigenvalue weighted by molar-refractivity contribution is 8.77. The highest BCUT2D eigenvalue weighted by Crippen LogP contribution is 2.37. The fourth-order valence-corrected chi connectivity index (χ4v) is 4.35. The maximum atomic E-state index is 2.32. The van der Waals surface area contributed by atoms with Crippen molar-refractivity contribution < 1.29 is 0 Å². The van der Waals surface area contributed by atoms with Crippen molar-refractivity contribution in [2.24, 2.45) is 11.8 Å². The minimum Gasteiger partial charge on any atom is -0.0910 e. The van der Waals surface area contributed by atoms with E-state index in [0.717, 1.165) is 22.3 Å². The third-order valence-corrected chi connectivity index (χ3v) is 5.63. The number of rotatable bonds is 5. The molecule has 0 radical (unpaired) electrons. The summed E-state index contributed by atoms with van der Waals surface area (Å²) < 4.78 is 0. The van der Waals surface area contributed by atoms with Gasteiger partial charge in [-0.1, -0.05) is 63.1 Å². The Kier molecular flexibility index (Phi) is 6.56. The van der Waals surface area contributed by atoms with Crippen LogP contribution in [0.5, 0.6) is 0 Å². The van der Waals surface area contributed by atoms with Gasteiger partial charge in [0.1, 0.15) is 0 Å². The molecule has 0 aliphatic rings. The topological polar surface area (TPSA) is 0 Å². The molecule has 0 aromatic heterocycles. The largest absolute Gasteiger partial charge is 0.0910 e. The van der Waals surface area contributed by atoms with Gasteiger partial charge in [-0.2, -0.15) is 0 Å². The SMILES string of the molecule is CC(C)SSC(C(C)C)C(C)C. The summed E-state index contributed by atoms with van der Waals surface area (Å²) in [7, 11) is 4.08. The van der Waals surface area contributed by atoms with E-state index < -0.39 is 0 Å². The molecule has 12 heavy (non-hydrogen) atoms. The van der Waals surface area contributed by atoms with E-state index in [1.165, 1.54) is 0 Å². The maximum absolute atomic E-state index is 2.32. The second-order valence-corrected chi connectivity index (χ2v) is 7.22. The van der Waals surface area contributed by atoms with E-state index >= 15 is 0 Å². The predicted octanol–water partition coefficient (Wildman–Crippen LogP) is 4.46. The minimum absolute atomic E-state index is 0.745. The van der Waals surface area contributed by atoms with E-state index in [1.807, 2.05) is 10.8 Å². The quantitative estimate of drug-likeness (QED) is 0.609. The zero-order valence-corrected chi connectivity index (χ0v) is 10.8. The fraction of sp³-hybridized carbons (Fsp3) is 1.00. The first-order valence-electron chi connectivity index (χ1n) is 4.77. The van der Waals surface area contributed by atoms with Crippen LogP contribution in [0.4, 0.5) is 0 Å². The summed E-state index contributed by atoms with van der Waals surface area (Å²) in [6.45, 7) is 13.8. The molecule has 2 heteroatoms. The molecule has 0 bridgehead atoms. The summed E-state index contributed by atoms with van der Waals surface area (Å²) >= 11 is 0. The number of hydrogen-bond acceptors (Lipinski definition) is 2. The molecule has 0 amide bonds. The molecule has 0 saturated heterocycles. The van der Waals surface area contributed by atoms with Crippen LogP contribution in [0, 0.1) is 11.8 Å². The molecule has 0 nitrogen and oxygen atoms in total. The number of hydrogen-bond donors (Lipinski definition) is 0. The molecule has 0 rings (SSSR count). The zero-order valence-electron chi connectivity index (χ0n) is 9.13. The van der Waals surface area contributed by atoms with E-state index in [2.05, 4.69) is 52.3 Å². The first-order valence-corrected chi connectivity index (χ1v) is 7.04. The van der Waals surface area contributed by atoms with Crippen molar-refractivity contribution in [1.82, 2.24) is 0 Å². The van der Waals surface area contributed by atoms with Gasteiger partial charge in [0.15, 0.2) is 0 Å². The van der Waals surface area contributed by atoms with Gasteiger partial charge in [-0.25, -0.2) is 0 Å². The van der Waals surface area contributed by atoms with Gasteiger partial charge in [-0.3, -0.25) is 0 Å². The lowest BCUT2D eigenvalue weighted by molar-refractivity contribution is 0.489. The Balaban J connectivity index is 3.80. The van der Waals surface area contributed by atoms with E-state index in [-0.39, 0.29) is 0 Å². The molecule has 0 saturated carbocycles. The van der Waals surface area contributed by atoms with E-state index in [9.17, 15) is 0 Å². The van der Waals surface area contributed by atoms with Crippen LogP contribution in [0.3, 0.4) is 0 Å². The van der Waals surface area contributed by atoms with Gasteiger partial charge in [0, 0.05) is 10.5 Å². The Morgan fingerprint density at radius 1 is 0.667 bits per heavy atom. The Morgan fingerprint density at radius 2 is 1.08 bits per heavy atom. The predicted molar refractivity (Wildman–Crippen MR) is 63.8 cm³/mol. The molecule has 0 N–H and O–H groups in total. The van der Waals surface area contributed by atoms with Crippen LogP contribution < -0.4 is 0 Å². The zero-order chi connectivity index (χ0) is 9.72. The summed E-state index contributed by atoms with van der Waals surface area (Å²) in [5, 5.41) is 1.55. The van der Waals surface area contributed by atoms with E-state index in [0.29, 0.717) is 0 Å². The average Bonchev–Trinajstić information content (AvgIpc) is 1.84. The molecule has 0 fully saturated rings. The van der Waals surface area contributed by atoms with Gasteiger partial charge in [0.05, 0.1) is 0 Å². The summed E-state index contributed by atoms with van der Waals surface area (Å²) in [5.41, 5.74) is 0. The lowest BCUT2D eigenvalue weighted by atomic mass is 10.0. The second-order valence-electron chi connectivity index (χ2n) is 4.19. The summed E-state index contributed by atoms with van der Waals surface area (Å²) in [6, 6.07) is 0. The van der Waals surface area contributed by atoms with Gasteiger partial charge in [0.25, 0.3) is 0 Å². The van der Waals surface area contributed by atoms with Crippen LogP contribution in [-0.4, -0.2) is 10.5 Å². The average molecular weight is 206 g/mol. The van der Waals surface area contributed by atoms with Gasteiger partial charge >= 0.3 is 0 Å². The lowest BCUT2D eigenvalue weighted by Crippen LogP contribution is -2.17. The van der Waals surface area contributed by atoms with Gasteiger partial charge in [-0.05, 0) is 11.8 Å². The van der Waals surface area contributed by atoms with Crippen molar-refractivity contribution >= 4 is 21.6 Å². The molecule has 0 atom stereocenters. The van der Waals surface area contributed by atoms with Crippen LogP contribution in [0.1, 0.15) is 41.5 Å². The van der Waals surface area contributed by atoms with Crippen molar-refractivity contribution in [3.8, 4) is 0 Å². The highest BCUT2D eigenvalue weighted by Gasteiger charge is 2.18. The smallest absolute Gasteiger partial charge is 0.0197 e. The molecular weight excluding hydrogens is 184 g/mol. The Hall–Kier alpha value is 0.700. The van der Waals surface area contributed by atoms with Crippen LogP contribution in [0.2, 0.25) is 0 Å². The highest BCUT2D eigenvalue weighted by atomic mass is 33.1. The first-order chi connectivity index (χ1) is 5.45. The normalized spacial score (nSPS) is 12.5. The van der Waals surface area contributed by atoms with Crippen LogP contribution in [-0.2, 0) is 0 Å². The summed E-state index contributed by atoms with van der Waals surface area (Å²) in [4.78, 5) is 0. The minimum atomic E-state index is 0.745. The van der Waals surface area contributed by atoms with Crippen molar-refractivity contribution in [3.05, 3.63) is 0 Å². The molecule has 0 aromatic rings. The maximum Gasteiger partial charge on any atom is 0.0197 e.